The lowest BCUT2D eigenvalue weighted by atomic mass is 9.99. The SMILES string of the molecule is CCc1cccc(C[C@@]2(C)NCC(=O)N2C)c1. The highest BCUT2D eigenvalue weighted by molar-refractivity contribution is 5.81. The molecule has 1 aromatic rings. The van der Waals surface area contributed by atoms with Crippen molar-refractivity contribution in [1.82, 2.24) is 10.2 Å². The van der Waals surface area contributed by atoms with Gasteiger partial charge in [-0.3, -0.25) is 10.1 Å². The van der Waals surface area contributed by atoms with E-state index in [0.717, 1.165) is 12.8 Å². The first-order valence-corrected chi connectivity index (χ1v) is 6.14. The quantitative estimate of drug-likeness (QED) is 0.858. The molecule has 1 saturated heterocycles. The predicted octanol–water partition coefficient (Wildman–Crippen LogP) is 1.57. The van der Waals surface area contributed by atoms with E-state index in [9.17, 15) is 4.79 Å². The number of rotatable bonds is 3. The molecule has 3 heteroatoms. The number of aryl methyl sites for hydroxylation is 1. The second-order valence-corrected chi connectivity index (χ2v) is 4.93. The molecule has 0 aliphatic carbocycles. The zero-order chi connectivity index (χ0) is 12.5. The van der Waals surface area contributed by atoms with Crippen LogP contribution in [0.25, 0.3) is 0 Å². The van der Waals surface area contributed by atoms with Gasteiger partial charge in [-0.1, -0.05) is 31.2 Å². The van der Waals surface area contributed by atoms with Crippen molar-refractivity contribution in [2.24, 2.45) is 0 Å². The Morgan fingerprint density at radius 2 is 2.12 bits per heavy atom. The highest BCUT2D eigenvalue weighted by Crippen LogP contribution is 2.21. The fourth-order valence-corrected chi connectivity index (χ4v) is 2.32. The fraction of sp³-hybridized carbons (Fsp3) is 0.500. The Bertz CT molecular complexity index is 430. The zero-order valence-corrected chi connectivity index (χ0v) is 10.8. The van der Waals surface area contributed by atoms with E-state index in [-0.39, 0.29) is 11.6 Å². The minimum absolute atomic E-state index is 0.166. The standard InChI is InChI=1S/C14H20N2O/c1-4-11-6-5-7-12(8-11)9-14(2)15-10-13(17)16(14)3/h5-8,15H,4,9-10H2,1-3H3/t14-/m0/s1. The van der Waals surface area contributed by atoms with Gasteiger partial charge in [0.25, 0.3) is 0 Å². The van der Waals surface area contributed by atoms with Crippen molar-refractivity contribution in [2.75, 3.05) is 13.6 Å². The Labute approximate surface area is 103 Å². The molecule has 0 aromatic heterocycles. The second kappa shape index (κ2) is 4.49. The monoisotopic (exact) mass is 232 g/mol. The molecule has 1 atom stereocenters. The van der Waals surface area contributed by atoms with Crippen LogP contribution in [0.5, 0.6) is 0 Å². The van der Waals surface area contributed by atoms with Crippen LogP contribution in [0.4, 0.5) is 0 Å². The Morgan fingerprint density at radius 1 is 1.41 bits per heavy atom. The first kappa shape index (κ1) is 12.1. The van der Waals surface area contributed by atoms with Crippen LogP contribution in [-0.2, 0) is 17.6 Å². The second-order valence-electron chi connectivity index (χ2n) is 4.93. The van der Waals surface area contributed by atoms with Gasteiger partial charge in [0.15, 0.2) is 0 Å². The first-order chi connectivity index (χ1) is 8.05. The average Bonchev–Trinajstić information content (AvgIpc) is 2.58. The fourth-order valence-electron chi connectivity index (χ4n) is 2.32. The van der Waals surface area contributed by atoms with E-state index in [0.29, 0.717) is 6.54 Å². The molecule has 2 rings (SSSR count). The lowest BCUT2D eigenvalue weighted by Crippen LogP contribution is -2.49. The van der Waals surface area contributed by atoms with Crippen molar-refractivity contribution in [2.45, 2.75) is 32.4 Å². The van der Waals surface area contributed by atoms with Crippen molar-refractivity contribution < 1.29 is 4.79 Å². The molecular weight excluding hydrogens is 212 g/mol. The molecule has 0 unspecified atom stereocenters. The van der Waals surface area contributed by atoms with E-state index < -0.39 is 0 Å². The number of hydrogen-bond acceptors (Lipinski definition) is 2. The van der Waals surface area contributed by atoms with Crippen molar-refractivity contribution in [3.05, 3.63) is 35.4 Å². The van der Waals surface area contributed by atoms with Gasteiger partial charge in [-0.25, -0.2) is 0 Å². The van der Waals surface area contributed by atoms with Crippen LogP contribution < -0.4 is 5.32 Å². The summed E-state index contributed by atoms with van der Waals surface area (Å²) in [6, 6.07) is 8.59. The summed E-state index contributed by atoms with van der Waals surface area (Å²) in [7, 11) is 1.87. The molecule has 17 heavy (non-hydrogen) atoms. The number of nitrogens with one attached hydrogen (secondary N) is 1. The normalized spacial score (nSPS) is 24.4. The van der Waals surface area contributed by atoms with E-state index in [1.54, 1.807) is 0 Å². The maximum atomic E-state index is 11.6. The third-order valence-electron chi connectivity index (χ3n) is 3.68. The van der Waals surface area contributed by atoms with Crippen LogP contribution in [0, 0.1) is 0 Å². The van der Waals surface area contributed by atoms with Gasteiger partial charge < -0.3 is 4.90 Å². The molecule has 1 heterocycles. The van der Waals surface area contributed by atoms with Gasteiger partial charge in [0.05, 0.1) is 12.2 Å². The summed E-state index contributed by atoms with van der Waals surface area (Å²) in [5.41, 5.74) is 2.38. The van der Waals surface area contributed by atoms with Crippen molar-refractivity contribution in [3.63, 3.8) is 0 Å². The van der Waals surface area contributed by atoms with Gasteiger partial charge in [0.1, 0.15) is 0 Å². The van der Waals surface area contributed by atoms with Gasteiger partial charge in [0.2, 0.25) is 5.91 Å². The summed E-state index contributed by atoms with van der Waals surface area (Å²) in [5.74, 6) is 0.166. The van der Waals surface area contributed by atoms with Gasteiger partial charge in [-0.15, -0.1) is 0 Å². The maximum absolute atomic E-state index is 11.6. The van der Waals surface area contributed by atoms with E-state index >= 15 is 0 Å². The van der Waals surface area contributed by atoms with Crippen molar-refractivity contribution in [3.8, 4) is 0 Å². The van der Waals surface area contributed by atoms with Crippen molar-refractivity contribution in [1.29, 1.82) is 0 Å². The first-order valence-electron chi connectivity index (χ1n) is 6.14. The zero-order valence-electron chi connectivity index (χ0n) is 10.8. The van der Waals surface area contributed by atoms with Crippen LogP contribution in [0.15, 0.2) is 24.3 Å². The number of benzene rings is 1. The Balaban J connectivity index is 2.17. The summed E-state index contributed by atoms with van der Waals surface area (Å²) in [6.45, 7) is 4.68. The maximum Gasteiger partial charge on any atom is 0.237 e. The lowest BCUT2D eigenvalue weighted by molar-refractivity contribution is -0.128. The summed E-state index contributed by atoms with van der Waals surface area (Å²) in [4.78, 5) is 13.4. The van der Waals surface area contributed by atoms with Gasteiger partial charge in [-0.05, 0) is 24.5 Å². The molecule has 1 fully saturated rings. The third kappa shape index (κ3) is 2.34. The molecular formula is C14H20N2O. The van der Waals surface area contributed by atoms with Crippen LogP contribution in [-0.4, -0.2) is 30.1 Å². The molecule has 1 amide bonds. The topological polar surface area (TPSA) is 32.3 Å². The number of amides is 1. The summed E-state index contributed by atoms with van der Waals surface area (Å²) >= 11 is 0. The molecule has 0 saturated carbocycles. The van der Waals surface area contributed by atoms with E-state index in [2.05, 4.69) is 43.4 Å². The van der Waals surface area contributed by atoms with Gasteiger partial charge in [0, 0.05) is 13.5 Å². The highest BCUT2D eigenvalue weighted by atomic mass is 16.2. The predicted molar refractivity (Wildman–Crippen MR) is 68.7 cm³/mol. The molecule has 3 nitrogen and oxygen atoms in total. The number of carbonyl (C=O) groups excluding carboxylic acids is 1. The summed E-state index contributed by atoms with van der Waals surface area (Å²) in [5, 5.41) is 3.29. The molecule has 0 spiro atoms. The van der Waals surface area contributed by atoms with Crippen LogP contribution in [0.2, 0.25) is 0 Å². The Morgan fingerprint density at radius 3 is 2.71 bits per heavy atom. The van der Waals surface area contributed by atoms with E-state index in [4.69, 9.17) is 0 Å². The number of hydrogen-bond donors (Lipinski definition) is 1. The third-order valence-corrected chi connectivity index (χ3v) is 3.68. The number of carbonyl (C=O) groups is 1. The van der Waals surface area contributed by atoms with E-state index in [1.807, 2.05) is 11.9 Å². The number of nitrogens with zero attached hydrogens (tertiary/aromatic N) is 1. The molecule has 0 bridgehead atoms. The van der Waals surface area contributed by atoms with E-state index in [1.165, 1.54) is 11.1 Å². The largest absolute Gasteiger partial charge is 0.326 e. The van der Waals surface area contributed by atoms with Gasteiger partial charge in [-0.2, -0.15) is 0 Å². The van der Waals surface area contributed by atoms with Crippen LogP contribution in [0.1, 0.15) is 25.0 Å². The molecule has 1 N–H and O–H groups in total. The summed E-state index contributed by atoms with van der Waals surface area (Å²) in [6.07, 6.45) is 1.90. The van der Waals surface area contributed by atoms with Crippen LogP contribution in [0.3, 0.4) is 0 Å². The minimum atomic E-state index is -0.247. The Kier molecular flexibility index (Phi) is 3.20. The molecule has 1 aliphatic heterocycles. The van der Waals surface area contributed by atoms with Crippen LogP contribution >= 0.6 is 0 Å². The van der Waals surface area contributed by atoms with Gasteiger partial charge >= 0.3 is 0 Å². The molecule has 0 radical (unpaired) electrons. The number of likely N-dealkylation sites (N-methyl/N-ethyl adjacent to an activating group) is 1. The molecule has 92 valence electrons. The lowest BCUT2D eigenvalue weighted by Gasteiger charge is -2.32. The molecule has 1 aromatic carbocycles. The smallest absolute Gasteiger partial charge is 0.237 e. The highest BCUT2D eigenvalue weighted by Gasteiger charge is 2.38. The average molecular weight is 232 g/mol. The minimum Gasteiger partial charge on any atom is -0.326 e. The summed E-state index contributed by atoms with van der Waals surface area (Å²) < 4.78 is 0. The molecule has 1 aliphatic rings. The Hall–Kier alpha value is -1.35. The van der Waals surface area contributed by atoms with Crippen molar-refractivity contribution >= 4 is 5.91 Å².